The minimum absolute atomic E-state index is 0. The first-order chi connectivity index (χ1) is 11.6. The quantitative estimate of drug-likeness (QED) is 0.485. The van der Waals surface area contributed by atoms with Crippen molar-refractivity contribution in [1.29, 1.82) is 0 Å². The molecule has 0 bridgehead atoms. The van der Waals surface area contributed by atoms with Crippen LogP contribution in [0, 0.1) is 29.2 Å². The predicted molar refractivity (Wildman–Crippen MR) is 107 cm³/mol. The van der Waals surface area contributed by atoms with Crippen molar-refractivity contribution in [1.82, 2.24) is 0 Å². The van der Waals surface area contributed by atoms with E-state index in [0.717, 1.165) is 37.5 Å². The van der Waals surface area contributed by atoms with Crippen molar-refractivity contribution in [3.05, 3.63) is 42.3 Å². The Morgan fingerprint density at radius 3 is 2.31 bits per heavy atom. The Hall–Kier alpha value is 0.270. The molecule has 1 aliphatic heterocycles. The molecule has 140 valence electrons. The minimum atomic E-state index is -1.77. The maximum Gasteiger partial charge on any atom is 2.00 e. The Bertz CT molecular complexity index is 583. The molecule has 1 aromatic rings. The van der Waals surface area contributed by atoms with Crippen LogP contribution < -0.4 is 5.19 Å². The van der Waals surface area contributed by atoms with E-state index < -0.39 is 13.9 Å². The number of rotatable bonds is 4. The van der Waals surface area contributed by atoms with Crippen LogP contribution in [0.1, 0.15) is 33.1 Å². The van der Waals surface area contributed by atoms with E-state index in [1.54, 1.807) is 0 Å². The Labute approximate surface area is 178 Å². The number of halogens is 1. The van der Waals surface area contributed by atoms with Gasteiger partial charge >= 0.3 is 19.5 Å². The van der Waals surface area contributed by atoms with Crippen molar-refractivity contribution >= 4 is 24.9 Å². The Morgan fingerprint density at radius 1 is 1.15 bits per heavy atom. The second-order valence-electron chi connectivity index (χ2n) is 9.01. The van der Waals surface area contributed by atoms with Crippen LogP contribution in [0.5, 0.6) is 0 Å². The van der Waals surface area contributed by atoms with Crippen molar-refractivity contribution in [2.75, 3.05) is 13.2 Å². The van der Waals surface area contributed by atoms with Crippen LogP contribution in [0.25, 0.3) is 0 Å². The average molecular weight is 444 g/mol. The van der Waals surface area contributed by atoms with Crippen molar-refractivity contribution in [3.63, 3.8) is 0 Å². The Morgan fingerprint density at radius 2 is 1.73 bits per heavy atom. The van der Waals surface area contributed by atoms with Gasteiger partial charge in [-0.1, -0.05) is 61.0 Å². The van der Waals surface area contributed by atoms with Crippen LogP contribution in [0.3, 0.4) is 0 Å². The number of hydrogen-bond donors (Lipinski definition) is 0. The summed E-state index contributed by atoms with van der Waals surface area (Å²) in [6, 6.07) is 10.7. The van der Waals surface area contributed by atoms with Gasteiger partial charge in [-0.3, -0.25) is 0 Å². The fourth-order valence-electron chi connectivity index (χ4n) is 4.24. The van der Waals surface area contributed by atoms with Crippen LogP contribution in [0.2, 0.25) is 13.1 Å². The van der Waals surface area contributed by atoms with Gasteiger partial charge in [0.15, 0.2) is 5.79 Å². The summed E-state index contributed by atoms with van der Waals surface area (Å²) in [6.45, 7) is 14.7. The van der Waals surface area contributed by atoms with Gasteiger partial charge in [-0.25, -0.2) is 5.00 Å². The zero-order chi connectivity index (χ0) is 18.3. The number of ether oxygens (including phenoxy) is 2. The number of benzene rings is 1. The van der Waals surface area contributed by atoms with E-state index in [0.29, 0.717) is 11.8 Å². The summed E-state index contributed by atoms with van der Waals surface area (Å²) >= 11 is 6.91. The summed E-state index contributed by atoms with van der Waals surface area (Å²) in [4.78, 5) is 0. The topological polar surface area (TPSA) is 18.5 Å². The van der Waals surface area contributed by atoms with E-state index >= 15 is 0 Å². The molecule has 2 aliphatic rings. The maximum absolute atomic E-state index is 6.91. The van der Waals surface area contributed by atoms with Gasteiger partial charge in [0.05, 0.1) is 13.2 Å². The van der Waals surface area contributed by atoms with E-state index in [-0.39, 0.29) is 24.9 Å². The van der Waals surface area contributed by atoms with E-state index in [2.05, 4.69) is 50.3 Å². The molecule has 0 amide bonds. The molecule has 2 atom stereocenters. The van der Waals surface area contributed by atoms with Gasteiger partial charge in [-0.2, -0.15) is 12.3 Å². The molecular weight excluding hydrogens is 413 g/mol. The fourth-order valence-corrected chi connectivity index (χ4v) is 6.87. The van der Waals surface area contributed by atoms with Crippen LogP contribution in [-0.2, 0) is 29.0 Å². The monoisotopic (exact) mass is 442 g/mol. The van der Waals surface area contributed by atoms with E-state index in [1.807, 2.05) is 13.8 Å². The van der Waals surface area contributed by atoms with Crippen molar-refractivity contribution < 1.29 is 29.0 Å². The predicted octanol–water partition coefficient (Wildman–Crippen LogP) is 4.93. The van der Waals surface area contributed by atoms with E-state index in [1.165, 1.54) is 5.19 Å². The molecule has 1 spiro atoms. The molecule has 2 fully saturated rings. The SMILES string of the molecule is [CH2-][C@H]1CC2(COC(C)(C)OC2)C[C@@H]1C[C-](Cl)[Si](C)(C)c1ccccc1.[Zn+2]. The molecule has 26 heavy (non-hydrogen) atoms. The van der Waals surface area contributed by atoms with Crippen LogP contribution in [0.4, 0.5) is 0 Å². The zero-order valence-electron chi connectivity index (χ0n) is 16.7. The molecule has 1 saturated heterocycles. The third-order valence-electron chi connectivity index (χ3n) is 6.12. The van der Waals surface area contributed by atoms with Gasteiger partial charge in [0.1, 0.15) is 0 Å². The summed E-state index contributed by atoms with van der Waals surface area (Å²) in [5.74, 6) is 0.491. The van der Waals surface area contributed by atoms with Crippen molar-refractivity contribution in [3.8, 4) is 0 Å². The largest absolute Gasteiger partial charge is 2.00 e. The second kappa shape index (κ2) is 8.33. The molecular formula is C21H31ClO2SiZn. The van der Waals surface area contributed by atoms with Gasteiger partial charge in [0.25, 0.3) is 0 Å². The van der Waals surface area contributed by atoms with Gasteiger partial charge in [-0.05, 0) is 28.3 Å². The van der Waals surface area contributed by atoms with Gasteiger partial charge < -0.3 is 28.0 Å². The molecule has 3 rings (SSSR count). The first kappa shape index (κ1) is 22.6. The van der Waals surface area contributed by atoms with Gasteiger partial charge in [0, 0.05) is 5.41 Å². The summed E-state index contributed by atoms with van der Waals surface area (Å²) in [7, 11) is -1.77. The maximum atomic E-state index is 6.91. The number of hydrogen-bond acceptors (Lipinski definition) is 2. The molecule has 1 saturated carbocycles. The van der Waals surface area contributed by atoms with E-state index in [4.69, 9.17) is 21.1 Å². The van der Waals surface area contributed by atoms with Gasteiger partial charge in [0.2, 0.25) is 0 Å². The second-order valence-corrected chi connectivity index (χ2v) is 14.2. The molecule has 0 radical (unpaired) electrons. The summed E-state index contributed by atoms with van der Waals surface area (Å²) < 4.78 is 11.9. The molecule has 2 nitrogen and oxygen atoms in total. The minimum Gasteiger partial charge on any atom is -0.350 e. The zero-order valence-corrected chi connectivity index (χ0v) is 21.4. The molecule has 5 heteroatoms. The molecule has 1 aromatic carbocycles. The first-order valence-corrected chi connectivity index (χ1v) is 12.7. The van der Waals surface area contributed by atoms with Crippen molar-refractivity contribution in [2.45, 2.75) is 52.0 Å². The normalized spacial score (nSPS) is 27.5. The van der Waals surface area contributed by atoms with Gasteiger partial charge in [-0.15, -0.1) is 0 Å². The third-order valence-corrected chi connectivity index (χ3v) is 11.0. The Balaban J connectivity index is 0.00000243. The molecule has 0 N–H and O–H groups in total. The Kier molecular flexibility index (Phi) is 7.23. The van der Waals surface area contributed by atoms with Crippen LogP contribution >= 0.6 is 11.6 Å². The summed E-state index contributed by atoms with van der Waals surface area (Å²) in [5.41, 5.74) is 0.127. The van der Waals surface area contributed by atoms with Crippen LogP contribution in [0.15, 0.2) is 30.3 Å². The summed E-state index contributed by atoms with van der Waals surface area (Å²) in [6.07, 6.45) is 3.15. The molecule has 1 aliphatic carbocycles. The standard InChI is InChI=1S/C21H31ClO2Si.Zn/c1-16-12-21(14-23-20(2,3)24-15-21)13-17(16)11-19(22)25(4,5)18-9-7-6-8-10-18;/h6-10,16-17H,1,11-15H2,2-5H3;/q-2;+2/t16-,17-;/m0./s1. The van der Waals surface area contributed by atoms with Crippen LogP contribution in [-0.4, -0.2) is 27.1 Å². The average Bonchev–Trinajstić information content (AvgIpc) is 2.87. The smallest absolute Gasteiger partial charge is 0.350 e. The first-order valence-electron chi connectivity index (χ1n) is 9.32. The fraction of sp³-hybridized carbons (Fsp3) is 0.619. The van der Waals surface area contributed by atoms with Crippen molar-refractivity contribution in [2.24, 2.45) is 17.3 Å². The third kappa shape index (κ3) is 4.81. The molecule has 1 heterocycles. The molecule has 0 aromatic heterocycles. The molecule has 0 unspecified atom stereocenters. The van der Waals surface area contributed by atoms with E-state index in [9.17, 15) is 0 Å². The summed E-state index contributed by atoms with van der Waals surface area (Å²) in [5, 5.41) is 2.56.